The first kappa shape index (κ1) is 14.2. The molecule has 4 nitrogen and oxygen atoms in total. The third kappa shape index (κ3) is 8.24. The summed E-state index contributed by atoms with van der Waals surface area (Å²) in [6.45, 7) is 10.9. The van der Waals surface area contributed by atoms with Crippen molar-refractivity contribution >= 4 is 6.03 Å². The second-order valence-corrected chi connectivity index (χ2v) is 3.56. The lowest BCUT2D eigenvalue weighted by molar-refractivity contribution is 0.237. The van der Waals surface area contributed by atoms with Gasteiger partial charge in [-0.15, -0.1) is 0 Å². The smallest absolute Gasteiger partial charge is 0.314 e. The minimum atomic E-state index is -0.0457. The summed E-state index contributed by atoms with van der Waals surface area (Å²) in [5, 5.41) is 5.67. The molecule has 0 radical (unpaired) electrons. The molecule has 0 bridgehead atoms. The molecule has 2 N–H and O–H groups in total. The molecule has 90 valence electrons. The van der Waals surface area contributed by atoms with Gasteiger partial charge in [0.2, 0.25) is 0 Å². The van der Waals surface area contributed by atoms with Gasteiger partial charge in [-0.2, -0.15) is 0 Å². The van der Waals surface area contributed by atoms with Crippen LogP contribution in [0.15, 0.2) is 0 Å². The Hall–Kier alpha value is -0.770. The molecular weight excluding hydrogens is 190 g/mol. The Labute approximate surface area is 93.4 Å². The predicted molar refractivity (Wildman–Crippen MR) is 64.1 cm³/mol. The zero-order valence-corrected chi connectivity index (χ0v) is 10.3. The average molecular weight is 215 g/mol. The molecular formula is C11H25N3O. The molecule has 0 heterocycles. The minimum absolute atomic E-state index is 0.0457. The number of hydrogen-bond donors (Lipinski definition) is 2. The van der Waals surface area contributed by atoms with Gasteiger partial charge in [-0.05, 0) is 19.5 Å². The summed E-state index contributed by atoms with van der Waals surface area (Å²) in [6.07, 6.45) is 2.16. The van der Waals surface area contributed by atoms with Gasteiger partial charge < -0.3 is 15.5 Å². The van der Waals surface area contributed by atoms with E-state index < -0.39 is 0 Å². The number of urea groups is 1. The molecule has 0 aromatic carbocycles. The second kappa shape index (κ2) is 9.77. The summed E-state index contributed by atoms with van der Waals surface area (Å²) in [6, 6.07) is -0.0457. The van der Waals surface area contributed by atoms with Crippen LogP contribution in [0.4, 0.5) is 4.79 Å². The fourth-order valence-corrected chi connectivity index (χ4v) is 1.31. The maximum absolute atomic E-state index is 11.2. The van der Waals surface area contributed by atoms with E-state index in [0.717, 1.165) is 45.6 Å². The van der Waals surface area contributed by atoms with Crippen LogP contribution >= 0.6 is 0 Å². The molecule has 0 atom stereocenters. The Morgan fingerprint density at radius 2 is 1.67 bits per heavy atom. The standard InChI is InChI=1S/C11H25N3O/c1-4-7-8-12-11(15)13-9-10-14(5-2)6-3/h4-10H2,1-3H3,(H2,12,13,15). The fraction of sp³-hybridized carbons (Fsp3) is 0.909. The van der Waals surface area contributed by atoms with Crippen molar-refractivity contribution in [1.29, 1.82) is 0 Å². The molecule has 0 aromatic heterocycles. The van der Waals surface area contributed by atoms with Crippen LogP contribution in [0.2, 0.25) is 0 Å². The van der Waals surface area contributed by atoms with E-state index in [-0.39, 0.29) is 6.03 Å². The summed E-state index contributed by atoms with van der Waals surface area (Å²) < 4.78 is 0. The molecule has 0 aliphatic heterocycles. The SMILES string of the molecule is CCCCNC(=O)NCCN(CC)CC. The van der Waals surface area contributed by atoms with Gasteiger partial charge in [-0.1, -0.05) is 27.2 Å². The number of carbonyl (C=O) groups excluding carboxylic acids is 1. The van der Waals surface area contributed by atoms with Crippen LogP contribution in [0, 0.1) is 0 Å². The molecule has 0 aliphatic carbocycles. The zero-order chi connectivity index (χ0) is 11.5. The molecule has 0 saturated heterocycles. The Morgan fingerprint density at radius 3 is 2.20 bits per heavy atom. The van der Waals surface area contributed by atoms with Crippen LogP contribution in [-0.2, 0) is 0 Å². The molecule has 0 spiro atoms. The Balaban J connectivity index is 3.37. The van der Waals surface area contributed by atoms with Crippen LogP contribution in [0.25, 0.3) is 0 Å². The van der Waals surface area contributed by atoms with E-state index >= 15 is 0 Å². The highest BCUT2D eigenvalue weighted by molar-refractivity contribution is 5.73. The zero-order valence-electron chi connectivity index (χ0n) is 10.3. The topological polar surface area (TPSA) is 44.4 Å². The highest BCUT2D eigenvalue weighted by Crippen LogP contribution is 1.84. The van der Waals surface area contributed by atoms with Crippen molar-refractivity contribution in [3.8, 4) is 0 Å². The van der Waals surface area contributed by atoms with Crippen molar-refractivity contribution in [2.45, 2.75) is 33.6 Å². The van der Waals surface area contributed by atoms with Gasteiger partial charge in [0, 0.05) is 19.6 Å². The Kier molecular flexibility index (Phi) is 9.27. The van der Waals surface area contributed by atoms with Gasteiger partial charge in [0.15, 0.2) is 0 Å². The van der Waals surface area contributed by atoms with E-state index in [1.54, 1.807) is 0 Å². The normalized spacial score (nSPS) is 10.4. The first-order chi connectivity index (χ1) is 7.24. The first-order valence-electron chi connectivity index (χ1n) is 5.98. The maximum Gasteiger partial charge on any atom is 0.314 e. The van der Waals surface area contributed by atoms with Gasteiger partial charge in [0.25, 0.3) is 0 Å². The number of nitrogens with one attached hydrogen (secondary N) is 2. The van der Waals surface area contributed by atoms with Crippen molar-refractivity contribution < 1.29 is 4.79 Å². The van der Waals surface area contributed by atoms with Crippen molar-refractivity contribution in [3.63, 3.8) is 0 Å². The molecule has 0 rings (SSSR count). The van der Waals surface area contributed by atoms with Crippen molar-refractivity contribution in [2.24, 2.45) is 0 Å². The van der Waals surface area contributed by atoms with Crippen LogP contribution in [0.3, 0.4) is 0 Å². The van der Waals surface area contributed by atoms with E-state index in [9.17, 15) is 4.79 Å². The Bertz CT molecular complexity index is 158. The summed E-state index contributed by atoms with van der Waals surface area (Å²) in [4.78, 5) is 13.5. The van der Waals surface area contributed by atoms with Crippen molar-refractivity contribution in [1.82, 2.24) is 15.5 Å². The van der Waals surface area contributed by atoms with Gasteiger partial charge >= 0.3 is 6.03 Å². The lowest BCUT2D eigenvalue weighted by Gasteiger charge is -2.18. The third-order valence-corrected chi connectivity index (χ3v) is 2.42. The molecule has 0 fully saturated rings. The summed E-state index contributed by atoms with van der Waals surface area (Å²) in [7, 11) is 0. The van der Waals surface area contributed by atoms with E-state index in [1.165, 1.54) is 0 Å². The summed E-state index contributed by atoms with van der Waals surface area (Å²) >= 11 is 0. The molecule has 0 aliphatic rings. The lowest BCUT2D eigenvalue weighted by atomic mass is 10.3. The van der Waals surface area contributed by atoms with Crippen LogP contribution in [-0.4, -0.2) is 43.7 Å². The molecule has 4 heteroatoms. The number of rotatable bonds is 8. The number of carbonyl (C=O) groups is 1. The van der Waals surface area contributed by atoms with Crippen LogP contribution in [0.1, 0.15) is 33.6 Å². The number of nitrogens with zero attached hydrogens (tertiary/aromatic N) is 1. The van der Waals surface area contributed by atoms with Crippen LogP contribution in [0.5, 0.6) is 0 Å². The third-order valence-electron chi connectivity index (χ3n) is 2.42. The second-order valence-electron chi connectivity index (χ2n) is 3.56. The summed E-state index contributed by atoms with van der Waals surface area (Å²) in [5.74, 6) is 0. The van der Waals surface area contributed by atoms with Gasteiger partial charge in [0.05, 0.1) is 0 Å². The van der Waals surface area contributed by atoms with Crippen LogP contribution < -0.4 is 10.6 Å². The van der Waals surface area contributed by atoms with Gasteiger partial charge in [-0.25, -0.2) is 4.79 Å². The monoisotopic (exact) mass is 215 g/mol. The van der Waals surface area contributed by atoms with Crippen molar-refractivity contribution in [3.05, 3.63) is 0 Å². The van der Waals surface area contributed by atoms with E-state index in [1.807, 2.05) is 0 Å². The molecule has 15 heavy (non-hydrogen) atoms. The molecule has 0 unspecified atom stereocenters. The minimum Gasteiger partial charge on any atom is -0.338 e. The number of hydrogen-bond acceptors (Lipinski definition) is 2. The van der Waals surface area contributed by atoms with E-state index in [2.05, 4.69) is 36.3 Å². The number of unbranched alkanes of at least 4 members (excludes halogenated alkanes) is 1. The molecule has 2 amide bonds. The fourth-order valence-electron chi connectivity index (χ4n) is 1.31. The lowest BCUT2D eigenvalue weighted by Crippen LogP contribution is -2.40. The summed E-state index contributed by atoms with van der Waals surface area (Å²) in [5.41, 5.74) is 0. The van der Waals surface area contributed by atoms with E-state index in [0.29, 0.717) is 0 Å². The van der Waals surface area contributed by atoms with Crippen molar-refractivity contribution in [2.75, 3.05) is 32.7 Å². The maximum atomic E-state index is 11.2. The first-order valence-corrected chi connectivity index (χ1v) is 5.98. The predicted octanol–water partition coefficient (Wildman–Crippen LogP) is 1.43. The highest BCUT2D eigenvalue weighted by Gasteiger charge is 2.00. The largest absolute Gasteiger partial charge is 0.338 e. The number of amides is 2. The number of likely N-dealkylation sites (N-methyl/N-ethyl adjacent to an activating group) is 1. The molecule has 0 aromatic rings. The quantitative estimate of drug-likeness (QED) is 0.602. The molecule has 0 saturated carbocycles. The highest BCUT2D eigenvalue weighted by atomic mass is 16.2. The average Bonchev–Trinajstić information content (AvgIpc) is 2.25. The Morgan fingerprint density at radius 1 is 1.07 bits per heavy atom. The van der Waals surface area contributed by atoms with Gasteiger partial charge in [0.1, 0.15) is 0 Å². The van der Waals surface area contributed by atoms with E-state index in [4.69, 9.17) is 0 Å². The van der Waals surface area contributed by atoms with Gasteiger partial charge in [-0.3, -0.25) is 0 Å².